The van der Waals surface area contributed by atoms with Crippen LogP contribution in [0.2, 0.25) is 0 Å². The third kappa shape index (κ3) is 3.48. The highest BCUT2D eigenvalue weighted by Gasteiger charge is 2.22. The number of pyridine rings is 1. The molecule has 144 valence electrons. The molecule has 1 aliphatic rings. The average Bonchev–Trinajstić information content (AvgIpc) is 3.14. The van der Waals surface area contributed by atoms with E-state index < -0.39 is 18.0 Å². The number of nitrogens with one attached hydrogen (secondary N) is 1. The van der Waals surface area contributed by atoms with Crippen LogP contribution in [0.5, 0.6) is 11.5 Å². The lowest BCUT2D eigenvalue weighted by Gasteiger charge is -2.19. The molecule has 28 heavy (non-hydrogen) atoms. The van der Waals surface area contributed by atoms with Gasteiger partial charge in [0.05, 0.1) is 0 Å². The number of anilines is 1. The molecule has 3 heterocycles. The van der Waals surface area contributed by atoms with Crippen molar-refractivity contribution in [1.29, 1.82) is 0 Å². The number of benzene rings is 1. The summed E-state index contributed by atoms with van der Waals surface area (Å²) in [5, 5.41) is 2.71. The van der Waals surface area contributed by atoms with Crippen LogP contribution >= 0.6 is 0 Å². The molecule has 1 amide bonds. The maximum absolute atomic E-state index is 12.4. The Morgan fingerprint density at radius 1 is 1.18 bits per heavy atom. The minimum Gasteiger partial charge on any atom is -0.486 e. The number of imidazole rings is 1. The maximum atomic E-state index is 12.4. The van der Waals surface area contributed by atoms with Gasteiger partial charge in [0.2, 0.25) is 0 Å². The summed E-state index contributed by atoms with van der Waals surface area (Å²) in [5.74, 6) is 0.0810. The summed E-state index contributed by atoms with van der Waals surface area (Å²) in [6.45, 7) is 4.37. The molecule has 0 saturated carbocycles. The number of fused-ring (bicyclic) bond motifs is 2. The van der Waals surface area contributed by atoms with Crippen molar-refractivity contribution in [3.05, 3.63) is 54.0 Å². The third-order valence-electron chi connectivity index (χ3n) is 4.37. The van der Waals surface area contributed by atoms with Crippen molar-refractivity contribution < 1.29 is 23.8 Å². The summed E-state index contributed by atoms with van der Waals surface area (Å²) in [7, 11) is 0. The molecule has 0 bridgehead atoms. The Morgan fingerprint density at radius 3 is 2.75 bits per heavy atom. The lowest BCUT2D eigenvalue weighted by atomic mass is 10.2. The van der Waals surface area contributed by atoms with Gasteiger partial charge in [-0.2, -0.15) is 0 Å². The first-order chi connectivity index (χ1) is 13.5. The zero-order chi connectivity index (χ0) is 19.7. The second-order valence-corrected chi connectivity index (χ2v) is 6.42. The molecular weight excluding hydrogens is 362 g/mol. The largest absolute Gasteiger partial charge is 0.486 e. The van der Waals surface area contributed by atoms with Gasteiger partial charge in [0.1, 0.15) is 18.9 Å². The predicted octanol–water partition coefficient (Wildman–Crippen LogP) is 2.60. The number of rotatable bonds is 4. The molecule has 0 aliphatic carbocycles. The first kappa shape index (κ1) is 17.8. The Kier molecular flexibility index (Phi) is 4.60. The number of carbonyl (C=O) groups excluding carboxylic acids is 2. The van der Waals surface area contributed by atoms with Gasteiger partial charge in [-0.25, -0.2) is 9.78 Å². The monoisotopic (exact) mass is 381 g/mol. The molecule has 0 saturated heterocycles. The first-order valence-corrected chi connectivity index (χ1v) is 8.87. The van der Waals surface area contributed by atoms with E-state index in [4.69, 9.17) is 14.2 Å². The van der Waals surface area contributed by atoms with Gasteiger partial charge in [-0.1, -0.05) is 6.07 Å². The first-order valence-electron chi connectivity index (χ1n) is 8.87. The van der Waals surface area contributed by atoms with Crippen molar-refractivity contribution in [3.63, 3.8) is 0 Å². The molecule has 0 radical (unpaired) electrons. The van der Waals surface area contributed by atoms with Gasteiger partial charge in [-0.15, -0.1) is 0 Å². The van der Waals surface area contributed by atoms with Crippen LogP contribution in [0, 0.1) is 6.92 Å². The van der Waals surface area contributed by atoms with E-state index in [1.807, 2.05) is 19.1 Å². The number of ether oxygens (including phenoxy) is 3. The fourth-order valence-electron chi connectivity index (χ4n) is 2.89. The number of esters is 1. The molecule has 1 aromatic carbocycles. The van der Waals surface area contributed by atoms with E-state index in [1.165, 1.54) is 6.92 Å². The Balaban J connectivity index is 1.42. The summed E-state index contributed by atoms with van der Waals surface area (Å²) in [5.41, 5.74) is 2.25. The van der Waals surface area contributed by atoms with Gasteiger partial charge in [-0.3, -0.25) is 4.79 Å². The number of nitrogens with zero attached hydrogens (tertiary/aromatic N) is 2. The van der Waals surface area contributed by atoms with E-state index >= 15 is 0 Å². The normalized spacial score (nSPS) is 13.8. The molecule has 1 atom stereocenters. The molecule has 8 nitrogen and oxygen atoms in total. The van der Waals surface area contributed by atoms with Gasteiger partial charge in [0.25, 0.3) is 5.91 Å². The number of hydrogen-bond donors (Lipinski definition) is 1. The van der Waals surface area contributed by atoms with E-state index in [1.54, 1.807) is 34.9 Å². The molecule has 3 aromatic rings. The van der Waals surface area contributed by atoms with Crippen molar-refractivity contribution in [2.75, 3.05) is 18.5 Å². The highest BCUT2D eigenvalue weighted by Crippen LogP contribution is 2.32. The second-order valence-electron chi connectivity index (χ2n) is 6.42. The number of aromatic nitrogens is 2. The van der Waals surface area contributed by atoms with Crippen LogP contribution in [0.25, 0.3) is 5.65 Å². The zero-order valence-corrected chi connectivity index (χ0v) is 15.5. The van der Waals surface area contributed by atoms with Crippen molar-refractivity contribution in [2.45, 2.75) is 20.0 Å². The van der Waals surface area contributed by atoms with E-state index in [9.17, 15) is 9.59 Å². The Labute approximate surface area is 161 Å². The highest BCUT2D eigenvalue weighted by molar-refractivity contribution is 5.97. The van der Waals surface area contributed by atoms with E-state index in [2.05, 4.69) is 10.3 Å². The van der Waals surface area contributed by atoms with Crippen LogP contribution in [0.15, 0.2) is 42.6 Å². The molecular formula is C20H19N3O5. The van der Waals surface area contributed by atoms with Gasteiger partial charge in [-0.05, 0) is 38.1 Å². The number of hydrogen-bond acceptors (Lipinski definition) is 6. The summed E-state index contributed by atoms with van der Waals surface area (Å²) < 4.78 is 18.0. The Bertz CT molecular complexity index is 1060. The quantitative estimate of drug-likeness (QED) is 0.699. The number of carbonyl (C=O) groups is 2. The van der Waals surface area contributed by atoms with Crippen LogP contribution in [0.3, 0.4) is 0 Å². The van der Waals surface area contributed by atoms with Gasteiger partial charge >= 0.3 is 5.97 Å². The minimum atomic E-state index is -0.994. The smallest absolute Gasteiger partial charge is 0.359 e. The van der Waals surface area contributed by atoms with E-state index in [-0.39, 0.29) is 5.69 Å². The number of amides is 1. The predicted molar refractivity (Wildman–Crippen MR) is 101 cm³/mol. The van der Waals surface area contributed by atoms with Crippen molar-refractivity contribution >= 4 is 23.2 Å². The average molecular weight is 381 g/mol. The SMILES string of the molecule is Cc1cccc2nc(C(=O)OC(C)C(=O)Nc3ccc4c(c3)OCCO4)cn12. The van der Waals surface area contributed by atoms with Gasteiger partial charge in [0.15, 0.2) is 23.3 Å². The molecule has 2 aromatic heterocycles. The molecule has 1 unspecified atom stereocenters. The van der Waals surface area contributed by atoms with E-state index in [0.29, 0.717) is 36.0 Å². The molecule has 0 spiro atoms. The fraction of sp³-hybridized carbons (Fsp3) is 0.250. The van der Waals surface area contributed by atoms with Crippen molar-refractivity contribution in [3.8, 4) is 11.5 Å². The summed E-state index contributed by atoms with van der Waals surface area (Å²) in [6.07, 6.45) is 0.602. The standard InChI is InChI=1S/C20H19N3O5/c1-12-4-3-5-18-22-15(11-23(12)18)20(25)28-13(2)19(24)21-14-6-7-16-17(10-14)27-9-8-26-16/h3-7,10-11,13H,8-9H2,1-2H3,(H,21,24). The van der Waals surface area contributed by atoms with Crippen molar-refractivity contribution in [1.82, 2.24) is 9.38 Å². The van der Waals surface area contributed by atoms with Gasteiger partial charge in [0, 0.05) is 23.6 Å². The molecule has 1 N–H and O–H groups in total. The number of aryl methyl sites for hydroxylation is 1. The van der Waals surface area contributed by atoms with Crippen LogP contribution in [0.4, 0.5) is 5.69 Å². The maximum Gasteiger partial charge on any atom is 0.359 e. The summed E-state index contributed by atoms with van der Waals surface area (Å²) in [4.78, 5) is 29.0. The lowest BCUT2D eigenvalue weighted by Crippen LogP contribution is -2.30. The zero-order valence-electron chi connectivity index (χ0n) is 15.5. The molecule has 0 fully saturated rings. The Morgan fingerprint density at radius 2 is 1.96 bits per heavy atom. The van der Waals surface area contributed by atoms with Crippen LogP contribution in [0.1, 0.15) is 23.1 Å². The summed E-state index contributed by atoms with van der Waals surface area (Å²) in [6, 6.07) is 10.7. The lowest BCUT2D eigenvalue weighted by molar-refractivity contribution is -0.123. The molecule has 4 rings (SSSR count). The molecule has 1 aliphatic heterocycles. The van der Waals surface area contributed by atoms with Crippen LogP contribution in [-0.4, -0.2) is 40.6 Å². The topological polar surface area (TPSA) is 91.2 Å². The second kappa shape index (κ2) is 7.22. The third-order valence-corrected chi connectivity index (χ3v) is 4.37. The van der Waals surface area contributed by atoms with Crippen LogP contribution in [-0.2, 0) is 9.53 Å². The fourth-order valence-corrected chi connectivity index (χ4v) is 2.89. The minimum absolute atomic E-state index is 0.147. The van der Waals surface area contributed by atoms with Crippen molar-refractivity contribution in [2.24, 2.45) is 0 Å². The van der Waals surface area contributed by atoms with E-state index in [0.717, 1.165) is 5.69 Å². The Hall–Kier alpha value is -3.55. The summed E-state index contributed by atoms with van der Waals surface area (Å²) >= 11 is 0. The highest BCUT2D eigenvalue weighted by atomic mass is 16.6. The van der Waals surface area contributed by atoms with Gasteiger partial charge < -0.3 is 23.9 Å². The van der Waals surface area contributed by atoms with Crippen LogP contribution < -0.4 is 14.8 Å². The molecule has 8 heteroatoms.